The molecular weight excluding hydrogens is 422 g/mol. The summed E-state index contributed by atoms with van der Waals surface area (Å²) in [7, 11) is 0. The third kappa shape index (κ3) is 6.59. The van der Waals surface area contributed by atoms with Gasteiger partial charge in [0.2, 0.25) is 0 Å². The Kier molecular flexibility index (Phi) is 8.85. The summed E-state index contributed by atoms with van der Waals surface area (Å²) in [6.45, 7) is 11.6. The van der Waals surface area contributed by atoms with Gasteiger partial charge in [-0.05, 0) is 39.2 Å². The van der Waals surface area contributed by atoms with Gasteiger partial charge in [0.25, 0.3) is 0 Å². The Balaban J connectivity index is 1.12. The van der Waals surface area contributed by atoms with Crippen LogP contribution in [0.1, 0.15) is 51.9 Å². The number of carbonyl (C=O) groups excluding carboxylic acids is 1. The third-order valence-corrected chi connectivity index (χ3v) is 8.11. The first-order valence-electron chi connectivity index (χ1n) is 13.1. The molecule has 3 saturated heterocycles. The van der Waals surface area contributed by atoms with E-state index in [1.54, 1.807) is 0 Å². The maximum atomic E-state index is 12.5. The van der Waals surface area contributed by atoms with Crippen LogP contribution < -0.4 is 0 Å². The summed E-state index contributed by atoms with van der Waals surface area (Å²) in [6.07, 6.45) is 8.70. The molecule has 4 fully saturated rings. The van der Waals surface area contributed by atoms with Crippen LogP contribution >= 0.6 is 0 Å². The molecule has 0 aromatic heterocycles. The van der Waals surface area contributed by atoms with E-state index in [-0.39, 0.29) is 24.9 Å². The second-order valence-corrected chi connectivity index (χ2v) is 10.3. The number of ether oxygens (including phenoxy) is 1. The number of cyclic esters (lactones) is 1. The predicted molar refractivity (Wildman–Crippen MR) is 126 cm³/mol. The highest BCUT2D eigenvalue weighted by molar-refractivity contribution is 5.70. The molecule has 0 spiro atoms. The molecule has 9 nitrogen and oxygen atoms in total. The van der Waals surface area contributed by atoms with Gasteiger partial charge >= 0.3 is 12.1 Å². The maximum absolute atomic E-state index is 12.5. The fourth-order valence-electron chi connectivity index (χ4n) is 6.05. The Bertz CT molecular complexity index is 643. The van der Waals surface area contributed by atoms with Crippen LogP contribution in [0.4, 0.5) is 4.79 Å². The van der Waals surface area contributed by atoms with Crippen LogP contribution in [-0.4, -0.2) is 132 Å². The average molecular weight is 466 g/mol. The lowest BCUT2D eigenvalue weighted by molar-refractivity contribution is -0.139. The molecule has 1 aliphatic carbocycles. The van der Waals surface area contributed by atoms with Gasteiger partial charge in [-0.25, -0.2) is 4.79 Å². The first kappa shape index (κ1) is 24.7. The minimum Gasteiger partial charge on any atom is -0.480 e. The number of unbranched alkanes of at least 4 members (excludes halogenated alkanes) is 1. The average Bonchev–Trinajstić information content (AvgIpc) is 3.11. The van der Waals surface area contributed by atoms with Gasteiger partial charge in [0.1, 0.15) is 0 Å². The molecule has 33 heavy (non-hydrogen) atoms. The Morgan fingerprint density at radius 3 is 2.15 bits per heavy atom. The highest BCUT2D eigenvalue weighted by Crippen LogP contribution is 2.25. The summed E-state index contributed by atoms with van der Waals surface area (Å²) in [5.41, 5.74) is 0. The number of carbonyl (C=O) groups is 2. The number of hydrogen-bond acceptors (Lipinski definition) is 7. The van der Waals surface area contributed by atoms with Crippen LogP contribution in [0.25, 0.3) is 0 Å². The number of rotatable bonds is 9. The van der Waals surface area contributed by atoms with Crippen LogP contribution in [0, 0.1) is 0 Å². The molecule has 9 heteroatoms. The summed E-state index contributed by atoms with van der Waals surface area (Å²) in [4.78, 5) is 34.7. The van der Waals surface area contributed by atoms with E-state index in [9.17, 15) is 9.59 Å². The number of hydrogen-bond donors (Lipinski definition) is 1. The molecule has 4 aliphatic rings. The van der Waals surface area contributed by atoms with E-state index >= 15 is 0 Å². The lowest BCUT2D eigenvalue weighted by Crippen LogP contribution is -2.54. The minimum absolute atomic E-state index is 0.0301. The highest BCUT2D eigenvalue weighted by Gasteiger charge is 2.42. The number of carboxylic acid groups (broad SMARTS) is 1. The molecule has 188 valence electrons. The third-order valence-electron chi connectivity index (χ3n) is 8.11. The molecule has 0 bridgehead atoms. The lowest BCUT2D eigenvalue weighted by atomic mass is 9.94. The largest absolute Gasteiger partial charge is 0.480 e. The smallest absolute Gasteiger partial charge is 0.411 e. The highest BCUT2D eigenvalue weighted by atomic mass is 16.6. The molecule has 0 aromatic rings. The van der Waals surface area contributed by atoms with Crippen LogP contribution in [0.2, 0.25) is 0 Å². The normalized spacial score (nSPS) is 29.5. The fourth-order valence-corrected chi connectivity index (χ4v) is 6.05. The zero-order valence-corrected chi connectivity index (χ0v) is 20.4. The number of amides is 1. The quantitative estimate of drug-likeness (QED) is 0.515. The second kappa shape index (κ2) is 11.8. The van der Waals surface area contributed by atoms with Gasteiger partial charge in [0.05, 0.1) is 12.6 Å². The number of carboxylic acids is 1. The van der Waals surface area contributed by atoms with Crippen LogP contribution in [0.3, 0.4) is 0 Å². The number of aliphatic carboxylic acids is 1. The van der Waals surface area contributed by atoms with Gasteiger partial charge in [-0.15, -0.1) is 0 Å². The van der Waals surface area contributed by atoms with Gasteiger partial charge in [-0.1, -0.05) is 19.3 Å². The molecule has 0 radical (unpaired) electrons. The van der Waals surface area contributed by atoms with E-state index in [2.05, 4.69) is 21.6 Å². The SMILES string of the molecule is CC1C(N2CCN(CC(=O)O)CC2)OC(=O)N1CCCCN1CCN(C2CCCCC2)CC1. The summed E-state index contributed by atoms with van der Waals surface area (Å²) in [5, 5.41) is 8.97. The number of piperazine rings is 2. The van der Waals surface area contributed by atoms with Crippen molar-refractivity contribution < 1.29 is 19.4 Å². The van der Waals surface area contributed by atoms with Crippen molar-refractivity contribution in [3.63, 3.8) is 0 Å². The van der Waals surface area contributed by atoms with E-state index in [1.165, 1.54) is 58.3 Å². The van der Waals surface area contributed by atoms with Crippen molar-refractivity contribution in [2.24, 2.45) is 0 Å². The van der Waals surface area contributed by atoms with Gasteiger partial charge in [0.15, 0.2) is 6.23 Å². The monoisotopic (exact) mass is 465 g/mol. The summed E-state index contributed by atoms with van der Waals surface area (Å²) >= 11 is 0. The van der Waals surface area contributed by atoms with E-state index in [0.29, 0.717) is 13.1 Å². The molecule has 2 atom stereocenters. The lowest BCUT2D eigenvalue weighted by Gasteiger charge is -2.40. The van der Waals surface area contributed by atoms with E-state index in [1.807, 2.05) is 9.80 Å². The summed E-state index contributed by atoms with van der Waals surface area (Å²) in [6, 6.07) is 0.860. The molecule has 1 amide bonds. The molecule has 4 rings (SSSR count). The van der Waals surface area contributed by atoms with Crippen LogP contribution in [0.5, 0.6) is 0 Å². The molecule has 0 aromatic carbocycles. The number of nitrogens with zero attached hydrogens (tertiary/aromatic N) is 5. The van der Waals surface area contributed by atoms with Crippen LogP contribution in [-0.2, 0) is 9.53 Å². The van der Waals surface area contributed by atoms with Crippen molar-refractivity contribution in [2.45, 2.75) is 70.2 Å². The van der Waals surface area contributed by atoms with E-state index < -0.39 is 5.97 Å². The second-order valence-electron chi connectivity index (χ2n) is 10.3. The molecule has 2 unspecified atom stereocenters. The molecule has 1 saturated carbocycles. The molecule has 1 N–H and O–H groups in total. The summed E-state index contributed by atoms with van der Waals surface area (Å²) < 4.78 is 5.72. The maximum Gasteiger partial charge on any atom is 0.411 e. The van der Waals surface area contributed by atoms with Gasteiger partial charge in [0, 0.05) is 64.9 Å². The van der Waals surface area contributed by atoms with Crippen molar-refractivity contribution in [1.82, 2.24) is 24.5 Å². The van der Waals surface area contributed by atoms with Gasteiger partial charge in [-0.2, -0.15) is 0 Å². The Hall–Kier alpha value is -1.42. The fraction of sp³-hybridized carbons (Fsp3) is 0.917. The zero-order valence-electron chi connectivity index (χ0n) is 20.4. The van der Waals surface area contributed by atoms with Crippen molar-refractivity contribution in [2.75, 3.05) is 72.0 Å². The molecular formula is C24H43N5O4. The van der Waals surface area contributed by atoms with Crippen molar-refractivity contribution in [3.05, 3.63) is 0 Å². The first-order valence-corrected chi connectivity index (χ1v) is 13.1. The molecule has 3 aliphatic heterocycles. The zero-order chi connectivity index (χ0) is 23.2. The van der Waals surface area contributed by atoms with Gasteiger partial charge in [-0.3, -0.25) is 19.5 Å². The minimum atomic E-state index is -0.790. The Morgan fingerprint density at radius 2 is 1.48 bits per heavy atom. The Labute approximate surface area is 198 Å². The predicted octanol–water partition coefficient (Wildman–Crippen LogP) is 1.59. The van der Waals surface area contributed by atoms with Crippen molar-refractivity contribution in [1.29, 1.82) is 0 Å². The van der Waals surface area contributed by atoms with E-state index in [4.69, 9.17) is 9.84 Å². The van der Waals surface area contributed by atoms with Crippen molar-refractivity contribution >= 4 is 12.1 Å². The summed E-state index contributed by atoms with van der Waals surface area (Å²) in [5.74, 6) is -0.790. The Morgan fingerprint density at radius 1 is 0.879 bits per heavy atom. The topological polar surface area (TPSA) is 79.8 Å². The van der Waals surface area contributed by atoms with Crippen LogP contribution in [0.15, 0.2) is 0 Å². The standard InChI is InChI=1S/C24H43N5O4/c1-20-23(28-17-13-26(14-18-28)19-22(30)31)33-24(32)29(20)10-6-5-9-25-11-15-27(16-12-25)21-7-3-2-4-8-21/h20-21,23H,2-19H2,1H3,(H,30,31). The van der Waals surface area contributed by atoms with Crippen molar-refractivity contribution in [3.8, 4) is 0 Å². The molecule has 3 heterocycles. The van der Waals surface area contributed by atoms with Gasteiger partial charge < -0.3 is 19.6 Å². The van der Waals surface area contributed by atoms with E-state index in [0.717, 1.165) is 45.1 Å². The first-order chi connectivity index (χ1) is 16.0.